The van der Waals surface area contributed by atoms with Gasteiger partial charge in [-0.05, 0) is 29.2 Å². The van der Waals surface area contributed by atoms with Gasteiger partial charge < -0.3 is 19.5 Å². The minimum absolute atomic E-state index is 0.0230. The van der Waals surface area contributed by atoms with Gasteiger partial charge in [-0.15, -0.1) is 0 Å². The third kappa shape index (κ3) is 3.14. The molecule has 1 aliphatic heterocycles. The molecule has 4 rings (SSSR count). The van der Waals surface area contributed by atoms with Gasteiger partial charge in [0, 0.05) is 12.5 Å². The Morgan fingerprint density at radius 2 is 1.68 bits per heavy atom. The molecule has 6 heteroatoms. The van der Waals surface area contributed by atoms with Gasteiger partial charge >= 0.3 is 12.1 Å². The van der Waals surface area contributed by atoms with Crippen LogP contribution in [0.5, 0.6) is 0 Å². The third-order valence-corrected chi connectivity index (χ3v) is 5.68. The zero-order valence-electron chi connectivity index (χ0n) is 15.7. The predicted molar refractivity (Wildman–Crippen MR) is 103 cm³/mol. The molecule has 146 valence electrons. The molecule has 1 saturated heterocycles. The van der Waals surface area contributed by atoms with Crippen LogP contribution in [-0.4, -0.2) is 54.5 Å². The highest BCUT2D eigenvalue weighted by atomic mass is 16.6. The minimum atomic E-state index is -0.951. The number of amides is 1. The summed E-state index contributed by atoms with van der Waals surface area (Å²) in [5.41, 5.74) is 4.63. The molecule has 2 aliphatic rings. The molecule has 1 fully saturated rings. The molecule has 0 spiro atoms. The van der Waals surface area contributed by atoms with Crippen LogP contribution < -0.4 is 0 Å². The van der Waals surface area contributed by atoms with Gasteiger partial charge in [0.2, 0.25) is 0 Å². The van der Waals surface area contributed by atoms with Crippen LogP contribution in [0.2, 0.25) is 0 Å². The topological polar surface area (TPSA) is 76.1 Å². The van der Waals surface area contributed by atoms with Gasteiger partial charge in [0.1, 0.15) is 12.5 Å². The minimum Gasteiger partial charge on any atom is -0.481 e. The number of likely N-dealkylation sites (N-methyl/N-ethyl adjacent to an activating group) is 1. The molecule has 2 atom stereocenters. The van der Waals surface area contributed by atoms with Crippen molar-refractivity contribution in [3.8, 4) is 11.1 Å². The molecule has 0 saturated carbocycles. The van der Waals surface area contributed by atoms with Gasteiger partial charge in [-0.1, -0.05) is 48.5 Å². The summed E-state index contributed by atoms with van der Waals surface area (Å²) in [6.45, 7) is 2.74. The molecule has 0 aromatic heterocycles. The Kier molecular flexibility index (Phi) is 5.05. The number of benzene rings is 2. The lowest BCUT2D eigenvalue weighted by molar-refractivity contribution is -0.142. The first-order chi connectivity index (χ1) is 13.6. The number of hydrogen-bond donors (Lipinski definition) is 1. The standard InChI is InChI=1S/C22H23NO5/c1-2-23(20-13-27-11-19(20)21(24)25)22(26)28-12-18-16-9-5-3-7-14(16)15-8-4-6-10-17(15)18/h3-10,18-20H,2,11-13H2,1H3,(H,24,25). The Morgan fingerprint density at radius 3 is 2.25 bits per heavy atom. The van der Waals surface area contributed by atoms with Crippen molar-refractivity contribution in [1.82, 2.24) is 4.90 Å². The molecule has 0 radical (unpaired) electrons. The molecule has 6 nitrogen and oxygen atoms in total. The number of ether oxygens (including phenoxy) is 2. The average molecular weight is 381 g/mol. The monoisotopic (exact) mass is 381 g/mol. The van der Waals surface area contributed by atoms with Crippen LogP contribution in [0.15, 0.2) is 48.5 Å². The predicted octanol–water partition coefficient (Wildman–Crippen LogP) is 3.36. The van der Waals surface area contributed by atoms with Gasteiger partial charge in [0.05, 0.1) is 19.3 Å². The first-order valence-electron chi connectivity index (χ1n) is 9.54. The second kappa shape index (κ2) is 7.64. The number of carbonyl (C=O) groups excluding carboxylic acids is 1. The molecule has 2 aromatic carbocycles. The number of aliphatic carboxylic acids is 1. The molecule has 1 amide bonds. The van der Waals surface area contributed by atoms with E-state index < -0.39 is 24.0 Å². The van der Waals surface area contributed by atoms with Gasteiger partial charge in [0.15, 0.2) is 0 Å². The molecule has 2 unspecified atom stereocenters. The smallest absolute Gasteiger partial charge is 0.410 e. The number of fused-ring (bicyclic) bond motifs is 3. The van der Waals surface area contributed by atoms with Crippen molar-refractivity contribution in [2.75, 3.05) is 26.4 Å². The summed E-state index contributed by atoms with van der Waals surface area (Å²) in [4.78, 5) is 25.7. The van der Waals surface area contributed by atoms with Crippen molar-refractivity contribution in [2.24, 2.45) is 5.92 Å². The van der Waals surface area contributed by atoms with E-state index in [0.717, 1.165) is 11.1 Å². The Morgan fingerprint density at radius 1 is 1.07 bits per heavy atom. The summed E-state index contributed by atoms with van der Waals surface area (Å²) in [6, 6.07) is 15.8. The van der Waals surface area contributed by atoms with Gasteiger partial charge in [-0.25, -0.2) is 4.79 Å². The number of rotatable bonds is 5. The van der Waals surface area contributed by atoms with Crippen molar-refractivity contribution >= 4 is 12.1 Å². The lowest BCUT2D eigenvalue weighted by atomic mass is 9.98. The second-order valence-electron chi connectivity index (χ2n) is 7.14. The molecular formula is C22H23NO5. The molecule has 28 heavy (non-hydrogen) atoms. The van der Waals surface area contributed by atoms with E-state index in [2.05, 4.69) is 24.3 Å². The summed E-state index contributed by atoms with van der Waals surface area (Å²) in [7, 11) is 0. The number of carboxylic acid groups (broad SMARTS) is 1. The number of nitrogens with zero attached hydrogens (tertiary/aromatic N) is 1. The average Bonchev–Trinajstić information content (AvgIpc) is 3.30. The molecule has 2 aromatic rings. The van der Waals surface area contributed by atoms with Crippen LogP contribution in [0.4, 0.5) is 4.79 Å². The summed E-state index contributed by atoms with van der Waals surface area (Å²) in [6.07, 6.45) is -0.494. The maximum absolute atomic E-state index is 12.8. The molecule has 0 bridgehead atoms. The summed E-state index contributed by atoms with van der Waals surface area (Å²) in [5.74, 6) is -1.70. The van der Waals surface area contributed by atoms with E-state index in [1.165, 1.54) is 16.0 Å². The van der Waals surface area contributed by atoms with E-state index in [9.17, 15) is 14.7 Å². The van der Waals surface area contributed by atoms with E-state index in [-0.39, 0.29) is 25.7 Å². The zero-order valence-corrected chi connectivity index (χ0v) is 15.7. The first kappa shape index (κ1) is 18.5. The lowest BCUT2D eigenvalue weighted by Crippen LogP contribution is -2.46. The molecule has 1 heterocycles. The van der Waals surface area contributed by atoms with Crippen LogP contribution >= 0.6 is 0 Å². The normalized spacial score (nSPS) is 20.5. The van der Waals surface area contributed by atoms with Crippen molar-refractivity contribution in [2.45, 2.75) is 18.9 Å². The van der Waals surface area contributed by atoms with Gasteiger partial charge in [-0.2, -0.15) is 0 Å². The number of carboxylic acids is 1. The largest absolute Gasteiger partial charge is 0.481 e. The Labute approximate surface area is 163 Å². The Balaban J connectivity index is 1.51. The fraction of sp³-hybridized carbons (Fsp3) is 0.364. The van der Waals surface area contributed by atoms with E-state index in [0.29, 0.717) is 6.54 Å². The SMILES string of the molecule is CCN(C(=O)OCC1c2ccccc2-c2ccccc21)C1COCC1C(=O)O. The maximum Gasteiger partial charge on any atom is 0.410 e. The first-order valence-corrected chi connectivity index (χ1v) is 9.54. The summed E-state index contributed by atoms with van der Waals surface area (Å²) < 4.78 is 11.0. The fourth-order valence-electron chi connectivity index (χ4n) is 4.26. The second-order valence-corrected chi connectivity index (χ2v) is 7.14. The van der Waals surface area contributed by atoms with Crippen molar-refractivity contribution in [3.63, 3.8) is 0 Å². The number of carbonyl (C=O) groups is 2. The third-order valence-electron chi connectivity index (χ3n) is 5.68. The van der Waals surface area contributed by atoms with E-state index in [4.69, 9.17) is 9.47 Å². The van der Waals surface area contributed by atoms with Crippen molar-refractivity contribution in [3.05, 3.63) is 59.7 Å². The van der Waals surface area contributed by atoms with Crippen molar-refractivity contribution < 1.29 is 24.2 Å². The van der Waals surface area contributed by atoms with E-state index in [1.807, 2.05) is 31.2 Å². The highest BCUT2D eigenvalue weighted by molar-refractivity contribution is 5.79. The molecule has 1 aliphatic carbocycles. The van der Waals surface area contributed by atoms with Crippen LogP contribution in [0.1, 0.15) is 24.0 Å². The molecular weight excluding hydrogens is 358 g/mol. The van der Waals surface area contributed by atoms with Crippen LogP contribution in [0.3, 0.4) is 0 Å². The Hall–Kier alpha value is -2.86. The van der Waals surface area contributed by atoms with Crippen LogP contribution in [-0.2, 0) is 14.3 Å². The Bertz CT molecular complexity index is 851. The number of hydrogen-bond acceptors (Lipinski definition) is 4. The van der Waals surface area contributed by atoms with E-state index in [1.54, 1.807) is 0 Å². The molecule has 1 N–H and O–H groups in total. The zero-order chi connectivity index (χ0) is 19.7. The van der Waals surface area contributed by atoms with Crippen molar-refractivity contribution in [1.29, 1.82) is 0 Å². The highest BCUT2D eigenvalue weighted by Gasteiger charge is 2.40. The summed E-state index contributed by atoms with van der Waals surface area (Å²) in [5, 5.41) is 9.37. The fourth-order valence-corrected chi connectivity index (χ4v) is 4.26. The summed E-state index contributed by atoms with van der Waals surface area (Å²) >= 11 is 0. The lowest BCUT2D eigenvalue weighted by Gasteiger charge is -2.29. The van der Waals surface area contributed by atoms with E-state index >= 15 is 0 Å². The van der Waals surface area contributed by atoms with Gasteiger partial charge in [0.25, 0.3) is 0 Å². The quantitative estimate of drug-likeness (QED) is 0.860. The highest BCUT2D eigenvalue weighted by Crippen LogP contribution is 2.44. The van der Waals surface area contributed by atoms with Crippen LogP contribution in [0.25, 0.3) is 11.1 Å². The van der Waals surface area contributed by atoms with Gasteiger partial charge in [-0.3, -0.25) is 4.79 Å². The maximum atomic E-state index is 12.8. The van der Waals surface area contributed by atoms with Crippen LogP contribution in [0, 0.1) is 5.92 Å².